The molecule has 5 heterocycles. The fraction of sp³-hybridized carbons (Fsp3) is 0.500. The van der Waals surface area contributed by atoms with Crippen LogP contribution in [0.15, 0.2) is 30.2 Å². The van der Waals surface area contributed by atoms with Crippen molar-refractivity contribution in [2.45, 2.75) is 19.4 Å². The standard InChI is InChI=1S/C24H30FN5O3/c1-31-23-3-2-20-24(29-23)18(19(25)13-28-20)5-7-30-6-4-16(15-30)11-26-12-17-10-21-22(14-27-17)33-9-8-32-21/h2-3,10,14,16,26,28H,4-9,11-13,15H2,1H3/t16-/m0/s1. The zero-order valence-corrected chi connectivity index (χ0v) is 18.9. The second-order valence-corrected chi connectivity index (χ2v) is 8.64. The number of anilines is 1. The molecule has 2 aromatic heterocycles. The first-order valence-corrected chi connectivity index (χ1v) is 11.5. The van der Waals surface area contributed by atoms with Crippen molar-refractivity contribution in [3.63, 3.8) is 0 Å². The topological polar surface area (TPSA) is 80.8 Å². The van der Waals surface area contributed by atoms with Crippen LogP contribution in [-0.2, 0) is 6.54 Å². The van der Waals surface area contributed by atoms with Gasteiger partial charge in [0, 0.05) is 37.3 Å². The van der Waals surface area contributed by atoms with Crippen molar-refractivity contribution >= 4 is 11.3 Å². The van der Waals surface area contributed by atoms with Gasteiger partial charge in [-0.3, -0.25) is 4.98 Å². The third kappa shape index (κ3) is 5.04. The second-order valence-electron chi connectivity index (χ2n) is 8.64. The number of hydrogen-bond donors (Lipinski definition) is 2. The zero-order chi connectivity index (χ0) is 22.6. The van der Waals surface area contributed by atoms with E-state index in [-0.39, 0.29) is 12.4 Å². The number of likely N-dealkylation sites (tertiary alicyclic amines) is 1. The van der Waals surface area contributed by atoms with Crippen LogP contribution in [-0.4, -0.2) is 67.9 Å². The van der Waals surface area contributed by atoms with E-state index in [9.17, 15) is 4.39 Å². The fourth-order valence-corrected chi connectivity index (χ4v) is 4.63. The van der Waals surface area contributed by atoms with Gasteiger partial charge in [0.15, 0.2) is 11.5 Å². The molecule has 0 spiro atoms. The molecule has 5 rings (SSSR count). The summed E-state index contributed by atoms with van der Waals surface area (Å²) in [5.74, 6) is 2.43. The molecular formula is C24H30FN5O3. The summed E-state index contributed by atoms with van der Waals surface area (Å²) in [6.45, 7) is 5.85. The van der Waals surface area contributed by atoms with E-state index in [1.54, 1.807) is 19.4 Å². The molecule has 2 N–H and O–H groups in total. The van der Waals surface area contributed by atoms with Crippen LogP contribution < -0.4 is 24.8 Å². The first-order chi connectivity index (χ1) is 16.2. The van der Waals surface area contributed by atoms with Gasteiger partial charge in [0.05, 0.1) is 36.9 Å². The van der Waals surface area contributed by atoms with Crippen molar-refractivity contribution < 1.29 is 18.6 Å². The van der Waals surface area contributed by atoms with Gasteiger partial charge < -0.3 is 29.7 Å². The molecule has 0 amide bonds. The summed E-state index contributed by atoms with van der Waals surface area (Å²) >= 11 is 0. The van der Waals surface area contributed by atoms with E-state index in [4.69, 9.17) is 14.2 Å². The number of nitrogens with one attached hydrogen (secondary N) is 2. The molecule has 9 heteroatoms. The van der Waals surface area contributed by atoms with E-state index in [0.29, 0.717) is 55.0 Å². The van der Waals surface area contributed by atoms with E-state index in [1.807, 2.05) is 12.1 Å². The zero-order valence-electron chi connectivity index (χ0n) is 18.9. The van der Waals surface area contributed by atoms with E-state index in [0.717, 1.165) is 49.7 Å². The molecule has 8 nitrogen and oxygen atoms in total. The van der Waals surface area contributed by atoms with Crippen LogP contribution in [0.3, 0.4) is 0 Å². The molecule has 33 heavy (non-hydrogen) atoms. The first-order valence-electron chi connectivity index (χ1n) is 11.5. The van der Waals surface area contributed by atoms with Gasteiger partial charge in [-0.1, -0.05) is 0 Å². The molecule has 2 aromatic rings. The average molecular weight is 456 g/mol. The Kier molecular flexibility index (Phi) is 6.59. The molecule has 1 fully saturated rings. The van der Waals surface area contributed by atoms with Crippen LogP contribution in [0.1, 0.15) is 24.2 Å². The number of halogens is 1. The Bertz CT molecular complexity index is 1030. The maximum atomic E-state index is 14.6. The van der Waals surface area contributed by atoms with Gasteiger partial charge in [-0.15, -0.1) is 0 Å². The molecule has 3 aliphatic heterocycles. The van der Waals surface area contributed by atoms with E-state index in [2.05, 4.69) is 25.5 Å². The molecule has 0 saturated carbocycles. The Morgan fingerprint density at radius 3 is 3.03 bits per heavy atom. The van der Waals surface area contributed by atoms with Crippen molar-refractivity contribution in [1.29, 1.82) is 0 Å². The number of pyridine rings is 2. The number of fused-ring (bicyclic) bond motifs is 2. The maximum Gasteiger partial charge on any atom is 0.213 e. The van der Waals surface area contributed by atoms with E-state index >= 15 is 0 Å². The molecular weight excluding hydrogens is 425 g/mol. The van der Waals surface area contributed by atoms with Crippen LogP contribution >= 0.6 is 0 Å². The molecule has 1 saturated heterocycles. The summed E-state index contributed by atoms with van der Waals surface area (Å²) in [7, 11) is 1.58. The molecule has 1 atom stereocenters. The lowest BCUT2D eigenvalue weighted by molar-refractivity contribution is 0.170. The monoisotopic (exact) mass is 455 g/mol. The molecule has 0 aliphatic carbocycles. The molecule has 0 aromatic carbocycles. The minimum atomic E-state index is -0.132. The number of ether oxygens (including phenoxy) is 3. The number of methoxy groups -OCH3 is 1. The molecule has 0 bridgehead atoms. The summed E-state index contributed by atoms with van der Waals surface area (Å²) < 4.78 is 31.0. The Labute approximate surface area is 193 Å². The highest BCUT2D eigenvalue weighted by Crippen LogP contribution is 2.34. The van der Waals surface area contributed by atoms with Gasteiger partial charge in [-0.2, -0.15) is 0 Å². The number of aromatic nitrogens is 2. The van der Waals surface area contributed by atoms with Crippen LogP contribution in [0.5, 0.6) is 17.4 Å². The van der Waals surface area contributed by atoms with Crippen molar-refractivity contribution in [3.8, 4) is 17.4 Å². The quantitative estimate of drug-likeness (QED) is 0.629. The third-order valence-corrected chi connectivity index (χ3v) is 6.40. The molecule has 0 unspecified atom stereocenters. The van der Waals surface area contributed by atoms with Crippen molar-refractivity contribution in [2.75, 3.05) is 58.4 Å². The maximum absolute atomic E-state index is 14.6. The lowest BCUT2D eigenvalue weighted by Crippen LogP contribution is -2.27. The highest BCUT2D eigenvalue weighted by atomic mass is 19.1. The highest BCUT2D eigenvalue weighted by Gasteiger charge is 2.25. The molecule has 0 radical (unpaired) electrons. The van der Waals surface area contributed by atoms with Crippen LogP contribution in [0, 0.1) is 5.92 Å². The van der Waals surface area contributed by atoms with Crippen LogP contribution in [0.2, 0.25) is 0 Å². The smallest absolute Gasteiger partial charge is 0.213 e. The molecule has 176 valence electrons. The predicted octanol–water partition coefficient (Wildman–Crippen LogP) is 2.86. The minimum absolute atomic E-state index is 0.132. The van der Waals surface area contributed by atoms with Gasteiger partial charge >= 0.3 is 0 Å². The summed E-state index contributed by atoms with van der Waals surface area (Å²) in [4.78, 5) is 11.4. The fourth-order valence-electron chi connectivity index (χ4n) is 4.63. The van der Waals surface area contributed by atoms with E-state index < -0.39 is 0 Å². The Morgan fingerprint density at radius 1 is 1.27 bits per heavy atom. The minimum Gasteiger partial charge on any atom is -0.486 e. The summed E-state index contributed by atoms with van der Waals surface area (Å²) in [6, 6.07) is 5.65. The van der Waals surface area contributed by atoms with Gasteiger partial charge in [-0.05, 0) is 37.9 Å². The lowest BCUT2D eigenvalue weighted by Gasteiger charge is -2.23. The van der Waals surface area contributed by atoms with Crippen LogP contribution in [0.25, 0.3) is 5.57 Å². The Morgan fingerprint density at radius 2 is 2.15 bits per heavy atom. The highest BCUT2D eigenvalue weighted by molar-refractivity contribution is 5.78. The normalized spacial score (nSPS) is 19.9. The van der Waals surface area contributed by atoms with Crippen molar-refractivity contribution in [3.05, 3.63) is 41.6 Å². The second kappa shape index (κ2) is 9.93. The average Bonchev–Trinajstić information content (AvgIpc) is 3.30. The Balaban J connectivity index is 1.10. The number of nitrogens with zero attached hydrogens (tertiary/aromatic N) is 3. The van der Waals surface area contributed by atoms with Gasteiger partial charge in [-0.25, -0.2) is 9.37 Å². The SMILES string of the molecule is COc1ccc2c(n1)C(CCN1CC[C@@H](CNCc3cc4c(cn3)OCCO4)C1)=C(F)CN2. The lowest BCUT2D eigenvalue weighted by atomic mass is 10.0. The molecule has 3 aliphatic rings. The van der Waals surface area contributed by atoms with Crippen molar-refractivity contribution in [2.24, 2.45) is 5.92 Å². The van der Waals surface area contributed by atoms with Crippen LogP contribution in [0.4, 0.5) is 10.1 Å². The first kappa shape index (κ1) is 21.9. The van der Waals surface area contributed by atoms with Gasteiger partial charge in [0.2, 0.25) is 5.88 Å². The third-order valence-electron chi connectivity index (χ3n) is 6.40. The van der Waals surface area contributed by atoms with Crippen molar-refractivity contribution in [1.82, 2.24) is 20.2 Å². The Hall–Kier alpha value is -2.91. The number of rotatable bonds is 8. The summed E-state index contributed by atoms with van der Waals surface area (Å²) in [6.07, 6.45) is 3.51. The van der Waals surface area contributed by atoms with Gasteiger partial charge in [0.25, 0.3) is 0 Å². The number of hydrogen-bond acceptors (Lipinski definition) is 8. The van der Waals surface area contributed by atoms with E-state index in [1.165, 1.54) is 0 Å². The predicted molar refractivity (Wildman–Crippen MR) is 123 cm³/mol. The largest absolute Gasteiger partial charge is 0.486 e. The summed E-state index contributed by atoms with van der Waals surface area (Å²) in [5.41, 5.74) is 3.17. The van der Waals surface area contributed by atoms with Gasteiger partial charge in [0.1, 0.15) is 19.0 Å². The summed E-state index contributed by atoms with van der Waals surface area (Å²) in [5, 5.41) is 6.61.